The summed E-state index contributed by atoms with van der Waals surface area (Å²) in [4.78, 5) is 2.61. The van der Waals surface area contributed by atoms with E-state index in [0.29, 0.717) is 12.0 Å². The van der Waals surface area contributed by atoms with Crippen LogP contribution in [0.1, 0.15) is 47.5 Å². The Hall–Kier alpha value is -0.300. The van der Waals surface area contributed by atoms with Crippen molar-refractivity contribution in [1.82, 2.24) is 4.90 Å². The van der Waals surface area contributed by atoms with Crippen LogP contribution in [0, 0.1) is 11.8 Å². The molecule has 2 atom stereocenters. The first-order chi connectivity index (χ1) is 7.04. The Morgan fingerprint density at radius 1 is 1.07 bits per heavy atom. The van der Waals surface area contributed by atoms with Gasteiger partial charge >= 0.3 is 0 Å². The minimum Gasteiger partial charge on any atom is -0.300 e. The maximum Gasteiger partial charge on any atom is 0.00646 e. The van der Waals surface area contributed by atoms with Crippen LogP contribution in [-0.4, -0.2) is 24.0 Å². The molecule has 0 aliphatic carbocycles. The van der Waals surface area contributed by atoms with Crippen LogP contribution in [0.2, 0.25) is 0 Å². The van der Waals surface area contributed by atoms with Crippen LogP contribution in [0.15, 0.2) is 12.7 Å². The Morgan fingerprint density at radius 2 is 1.67 bits per heavy atom. The van der Waals surface area contributed by atoms with Gasteiger partial charge in [-0.25, -0.2) is 0 Å². The molecule has 0 aromatic rings. The van der Waals surface area contributed by atoms with Gasteiger partial charge in [0.15, 0.2) is 0 Å². The van der Waals surface area contributed by atoms with Gasteiger partial charge in [-0.15, -0.1) is 6.58 Å². The molecule has 0 N–H and O–H groups in total. The van der Waals surface area contributed by atoms with Crippen LogP contribution in [0.4, 0.5) is 0 Å². The summed E-state index contributed by atoms with van der Waals surface area (Å²) in [6.45, 7) is 17.7. The quantitative estimate of drug-likeness (QED) is 0.549. The number of hydrogen-bond donors (Lipinski definition) is 0. The van der Waals surface area contributed by atoms with Gasteiger partial charge in [0.05, 0.1) is 0 Å². The first-order valence-corrected chi connectivity index (χ1v) is 6.41. The summed E-state index contributed by atoms with van der Waals surface area (Å²) in [5.41, 5.74) is 0. The number of nitrogens with zero attached hydrogens (tertiary/aromatic N) is 1. The molecule has 0 aromatic heterocycles. The monoisotopic (exact) mass is 211 g/mol. The third-order valence-corrected chi connectivity index (χ3v) is 3.14. The zero-order valence-electron chi connectivity index (χ0n) is 11.3. The van der Waals surface area contributed by atoms with Crippen LogP contribution in [0.3, 0.4) is 0 Å². The Kier molecular flexibility index (Phi) is 7.76. The first-order valence-electron chi connectivity index (χ1n) is 6.41. The minimum atomic E-state index is 0.651. The lowest BCUT2D eigenvalue weighted by Crippen LogP contribution is -2.38. The van der Waals surface area contributed by atoms with Gasteiger partial charge < -0.3 is 0 Å². The highest BCUT2D eigenvalue weighted by Gasteiger charge is 2.16. The van der Waals surface area contributed by atoms with Crippen LogP contribution in [0.25, 0.3) is 0 Å². The maximum atomic E-state index is 3.92. The molecular formula is C14H29N. The fourth-order valence-electron chi connectivity index (χ4n) is 1.83. The third-order valence-electron chi connectivity index (χ3n) is 3.14. The van der Waals surface area contributed by atoms with Gasteiger partial charge in [0.1, 0.15) is 0 Å². The van der Waals surface area contributed by atoms with E-state index < -0.39 is 0 Å². The second-order valence-corrected chi connectivity index (χ2v) is 5.01. The molecule has 0 aliphatic heterocycles. The molecule has 0 saturated heterocycles. The highest BCUT2D eigenvalue weighted by atomic mass is 15.1. The topological polar surface area (TPSA) is 3.24 Å². The first kappa shape index (κ1) is 14.7. The maximum absolute atomic E-state index is 3.92. The summed E-state index contributed by atoms with van der Waals surface area (Å²) in [5.74, 6) is 1.40. The molecular weight excluding hydrogens is 182 g/mol. The molecule has 0 fully saturated rings. The molecule has 0 bridgehead atoms. The van der Waals surface area contributed by atoms with Gasteiger partial charge in [0.2, 0.25) is 0 Å². The fraction of sp³-hybridized carbons (Fsp3) is 0.857. The molecule has 90 valence electrons. The van der Waals surface area contributed by atoms with Crippen molar-refractivity contribution in [2.45, 2.75) is 53.5 Å². The molecule has 1 nitrogen and oxygen atoms in total. The molecule has 0 amide bonds. The van der Waals surface area contributed by atoms with Gasteiger partial charge in [-0.3, -0.25) is 4.90 Å². The van der Waals surface area contributed by atoms with Crippen molar-refractivity contribution in [1.29, 1.82) is 0 Å². The molecule has 15 heavy (non-hydrogen) atoms. The molecule has 0 spiro atoms. The molecule has 0 saturated carbocycles. The lowest BCUT2D eigenvalue weighted by molar-refractivity contribution is 0.164. The van der Waals surface area contributed by atoms with Gasteiger partial charge in [0.25, 0.3) is 0 Å². The van der Waals surface area contributed by atoms with Crippen LogP contribution >= 0.6 is 0 Å². The average molecular weight is 211 g/mol. The Balaban J connectivity index is 4.28. The second kappa shape index (κ2) is 7.92. The van der Waals surface area contributed by atoms with Crippen molar-refractivity contribution in [2.24, 2.45) is 11.8 Å². The van der Waals surface area contributed by atoms with Crippen LogP contribution < -0.4 is 0 Å². The van der Waals surface area contributed by atoms with E-state index in [1.807, 2.05) is 0 Å². The predicted molar refractivity (Wildman–Crippen MR) is 70.1 cm³/mol. The normalized spacial score (nSPS) is 15.7. The van der Waals surface area contributed by atoms with Crippen molar-refractivity contribution in [3.05, 3.63) is 12.7 Å². The van der Waals surface area contributed by atoms with E-state index in [1.165, 1.54) is 25.9 Å². The molecule has 0 heterocycles. The van der Waals surface area contributed by atoms with Crippen molar-refractivity contribution in [3.8, 4) is 0 Å². The van der Waals surface area contributed by atoms with E-state index in [-0.39, 0.29) is 0 Å². The van der Waals surface area contributed by atoms with Crippen LogP contribution in [-0.2, 0) is 0 Å². The summed E-state index contributed by atoms with van der Waals surface area (Å²) in [7, 11) is 0. The zero-order valence-corrected chi connectivity index (χ0v) is 11.3. The van der Waals surface area contributed by atoms with E-state index in [0.717, 1.165) is 5.92 Å². The van der Waals surface area contributed by atoms with E-state index in [9.17, 15) is 0 Å². The molecule has 0 aromatic carbocycles. The van der Waals surface area contributed by atoms with Crippen molar-refractivity contribution < 1.29 is 0 Å². The molecule has 1 heteroatoms. The fourth-order valence-corrected chi connectivity index (χ4v) is 1.83. The molecule has 0 aliphatic rings. The molecule has 2 unspecified atom stereocenters. The standard InChI is InChI=1S/C14H29N/c1-7-13(6)15(10-12(4)5)11-14(8-2)9-3/h8,12-14H,2,7,9-11H2,1,3-6H3. The SMILES string of the molecule is C=CC(CC)CN(CC(C)C)C(C)CC. The second-order valence-electron chi connectivity index (χ2n) is 5.01. The molecule has 0 radical (unpaired) electrons. The van der Waals surface area contributed by atoms with Gasteiger partial charge in [-0.1, -0.05) is 33.8 Å². The van der Waals surface area contributed by atoms with Crippen molar-refractivity contribution >= 4 is 0 Å². The largest absolute Gasteiger partial charge is 0.300 e. The lowest BCUT2D eigenvalue weighted by atomic mass is 10.0. The van der Waals surface area contributed by atoms with Crippen LogP contribution in [0.5, 0.6) is 0 Å². The van der Waals surface area contributed by atoms with E-state index in [1.54, 1.807) is 0 Å². The summed E-state index contributed by atoms with van der Waals surface area (Å²) >= 11 is 0. The lowest BCUT2D eigenvalue weighted by Gasteiger charge is -2.32. The molecule has 0 rings (SSSR count). The highest BCUT2D eigenvalue weighted by molar-refractivity contribution is 4.82. The number of hydrogen-bond acceptors (Lipinski definition) is 1. The van der Waals surface area contributed by atoms with Crippen molar-refractivity contribution in [2.75, 3.05) is 13.1 Å². The summed E-state index contributed by atoms with van der Waals surface area (Å²) < 4.78 is 0. The Labute approximate surface area is 96.6 Å². The van der Waals surface area contributed by atoms with E-state index in [4.69, 9.17) is 0 Å². The van der Waals surface area contributed by atoms with Gasteiger partial charge in [-0.2, -0.15) is 0 Å². The minimum absolute atomic E-state index is 0.651. The third kappa shape index (κ3) is 5.99. The zero-order chi connectivity index (χ0) is 11.8. The highest BCUT2D eigenvalue weighted by Crippen LogP contribution is 2.13. The Bertz CT molecular complexity index is 163. The Morgan fingerprint density at radius 3 is 2.00 bits per heavy atom. The van der Waals surface area contributed by atoms with Gasteiger partial charge in [-0.05, 0) is 31.6 Å². The van der Waals surface area contributed by atoms with Crippen molar-refractivity contribution in [3.63, 3.8) is 0 Å². The van der Waals surface area contributed by atoms with E-state index >= 15 is 0 Å². The summed E-state index contributed by atoms with van der Waals surface area (Å²) in [5, 5.41) is 0. The average Bonchev–Trinajstić information content (AvgIpc) is 2.22. The summed E-state index contributed by atoms with van der Waals surface area (Å²) in [6.07, 6.45) is 4.55. The van der Waals surface area contributed by atoms with Gasteiger partial charge in [0, 0.05) is 19.1 Å². The smallest absolute Gasteiger partial charge is 0.00646 e. The predicted octanol–water partition coefficient (Wildman–Crippen LogP) is 3.96. The summed E-state index contributed by atoms with van der Waals surface area (Å²) in [6, 6.07) is 0.696. The van der Waals surface area contributed by atoms with E-state index in [2.05, 4.69) is 52.2 Å². The number of rotatable bonds is 8.